The molecule has 0 unspecified atom stereocenters. The molecule has 1 saturated heterocycles. The molecule has 5 heterocycles. The van der Waals surface area contributed by atoms with Crippen molar-refractivity contribution in [3.05, 3.63) is 53.2 Å². The third-order valence-electron chi connectivity index (χ3n) is 5.99. The highest BCUT2D eigenvalue weighted by Gasteiger charge is 2.22. The Morgan fingerprint density at radius 3 is 2.62 bits per heavy atom. The average molecular weight is 518 g/mol. The zero-order valence-corrected chi connectivity index (χ0v) is 21.7. The SMILES string of the molecule is CC(C)(C)Cc1nc2ccc(Nc3ncc(Cl)c(NC4CCN(c5ccc(C#N)nn5)CC4)n3)cn2n1. The van der Waals surface area contributed by atoms with E-state index in [9.17, 15) is 0 Å². The number of halogens is 1. The Labute approximate surface area is 219 Å². The Morgan fingerprint density at radius 1 is 1.11 bits per heavy atom. The van der Waals surface area contributed by atoms with E-state index < -0.39 is 0 Å². The van der Waals surface area contributed by atoms with Crippen molar-refractivity contribution in [3.8, 4) is 6.07 Å². The summed E-state index contributed by atoms with van der Waals surface area (Å²) in [4.78, 5) is 15.7. The van der Waals surface area contributed by atoms with Crippen LogP contribution in [0.4, 0.5) is 23.3 Å². The van der Waals surface area contributed by atoms with Crippen molar-refractivity contribution < 1.29 is 0 Å². The molecule has 37 heavy (non-hydrogen) atoms. The summed E-state index contributed by atoms with van der Waals surface area (Å²) >= 11 is 6.41. The standard InChI is InChI=1S/C25H28ClN11/c1-25(2,3)12-20-31-21-6-5-18(15-37(21)35-20)30-24-28-14-19(26)23(32-24)29-16-8-10-36(11-9-16)22-7-4-17(13-27)33-34-22/h4-7,14-16H,8-12H2,1-3H3,(H2,28,29,30,32). The van der Waals surface area contributed by atoms with Crippen molar-refractivity contribution in [3.63, 3.8) is 0 Å². The first kappa shape index (κ1) is 24.6. The second kappa shape index (κ2) is 10.1. The lowest BCUT2D eigenvalue weighted by Gasteiger charge is -2.33. The minimum atomic E-state index is 0.112. The van der Waals surface area contributed by atoms with Gasteiger partial charge in [0.15, 0.2) is 28.8 Å². The van der Waals surface area contributed by atoms with E-state index >= 15 is 0 Å². The highest BCUT2D eigenvalue weighted by Crippen LogP contribution is 2.26. The van der Waals surface area contributed by atoms with Crippen molar-refractivity contribution in [2.24, 2.45) is 5.41 Å². The van der Waals surface area contributed by atoms with Crippen LogP contribution in [0.5, 0.6) is 0 Å². The number of hydrogen-bond donors (Lipinski definition) is 2. The van der Waals surface area contributed by atoms with Crippen molar-refractivity contribution in [1.82, 2.24) is 34.8 Å². The van der Waals surface area contributed by atoms with Crippen LogP contribution in [0.3, 0.4) is 0 Å². The summed E-state index contributed by atoms with van der Waals surface area (Å²) in [6, 6.07) is 9.57. The van der Waals surface area contributed by atoms with E-state index in [0.29, 0.717) is 22.5 Å². The van der Waals surface area contributed by atoms with E-state index in [1.807, 2.05) is 30.5 Å². The third kappa shape index (κ3) is 6.03. The molecule has 2 N–H and O–H groups in total. The van der Waals surface area contributed by atoms with E-state index in [0.717, 1.165) is 55.3 Å². The molecule has 190 valence electrons. The number of nitrogens with zero attached hydrogens (tertiary/aromatic N) is 9. The summed E-state index contributed by atoms with van der Waals surface area (Å²) < 4.78 is 1.77. The van der Waals surface area contributed by atoms with E-state index in [1.54, 1.807) is 16.8 Å². The van der Waals surface area contributed by atoms with Crippen LogP contribution in [0.25, 0.3) is 5.65 Å². The van der Waals surface area contributed by atoms with Gasteiger partial charge in [-0.3, -0.25) is 0 Å². The molecule has 0 spiro atoms. The molecule has 0 atom stereocenters. The number of fused-ring (bicyclic) bond motifs is 1. The van der Waals surface area contributed by atoms with Crippen molar-refractivity contribution in [2.75, 3.05) is 28.6 Å². The zero-order valence-electron chi connectivity index (χ0n) is 21.0. The highest BCUT2D eigenvalue weighted by molar-refractivity contribution is 6.32. The number of nitriles is 1. The lowest BCUT2D eigenvalue weighted by molar-refractivity contribution is 0.401. The van der Waals surface area contributed by atoms with Crippen LogP contribution in [-0.2, 0) is 6.42 Å². The summed E-state index contributed by atoms with van der Waals surface area (Å²) in [6.07, 6.45) is 6.03. The Kier molecular flexibility index (Phi) is 6.76. The van der Waals surface area contributed by atoms with Crippen LogP contribution >= 0.6 is 11.6 Å². The van der Waals surface area contributed by atoms with Crippen LogP contribution in [0.2, 0.25) is 5.02 Å². The maximum Gasteiger partial charge on any atom is 0.229 e. The first-order valence-electron chi connectivity index (χ1n) is 12.2. The van der Waals surface area contributed by atoms with E-state index in [4.69, 9.17) is 16.9 Å². The summed E-state index contributed by atoms with van der Waals surface area (Å²) in [5, 5.41) is 28.8. The molecular weight excluding hydrogens is 490 g/mol. The lowest BCUT2D eigenvalue weighted by Crippen LogP contribution is -2.39. The van der Waals surface area contributed by atoms with Crippen LogP contribution in [0.15, 0.2) is 36.7 Å². The minimum Gasteiger partial charge on any atom is -0.366 e. The number of aromatic nitrogens is 7. The Hall–Kier alpha value is -4.04. The van der Waals surface area contributed by atoms with E-state index in [-0.39, 0.29) is 11.5 Å². The fraction of sp³-hybridized carbons (Fsp3) is 0.400. The molecule has 0 radical (unpaired) electrons. The summed E-state index contributed by atoms with van der Waals surface area (Å²) in [6.45, 7) is 8.12. The smallest absolute Gasteiger partial charge is 0.229 e. The van der Waals surface area contributed by atoms with Crippen LogP contribution in [-0.4, -0.2) is 53.9 Å². The fourth-order valence-electron chi connectivity index (χ4n) is 4.21. The Bertz CT molecular complexity index is 1430. The first-order chi connectivity index (χ1) is 17.8. The largest absolute Gasteiger partial charge is 0.366 e. The highest BCUT2D eigenvalue weighted by atomic mass is 35.5. The van der Waals surface area contributed by atoms with Gasteiger partial charge >= 0.3 is 0 Å². The van der Waals surface area contributed by atoms with Gasteiger partial charge in [-0.05, 0) is 42.5 Å². The molecule has 0 saturated carbocycles. The number of nitrogens with one attached hydrogen (secondary N) is 2. The Morgan fingerprint density at radius 2 is 1.92 bits per heavy atom. The lowest BCUT2D eigenvalue weighted by atomic mass is 9.92. The predicted octanol–water partition coefficient (Wildman–Crippen LogP) is 4.25. The van der Waals surface area contributed by atoms with Gasteiger partial charge in [-0.1, -0.05) is 32.4 Å². The monoisotopic (exact) mass is 517 g/mol. The molecule has 0 amide bonds. The van der Waals surface area contributed by atoms with Gasteiger partial charge in [-0.25, -0.2) is 14.5 Å². The van der Waals surface area contributed by atoms with Crippen LogP contribution < -0.4 is 15.5 Å². The second-order valence-electron chi connectivity index (χ2n) is 10.3. The number of anilines is 4. The molecule has 1 fully saturated rings. The van der Waals surface area contributed by atoms with Gasteiger partial charge in [-0.2, -0.15) is 15.3 Å². The molecule has 1 aliphatic rings. The van der Waals surface area contributed by atoms with Gasteiger partial charge in [0.05, 0.1) is 18.1 Å². The van der Waals surface area contributed by atoms with Gasteiger partial charge in [0.1, 0.15) is 11.1 Å². The number of hydrogen-bond acceptors (Lipinski definition) is 10. The van der Waals surface area contributed by atoms with Gasteiger partial charge in [0.2, 0.25) is 5.95 Å². The molecule has 4 aromatic heterocycles. The molecule has 0 aromatic carbocycles. The topological polar surface area (TPSA) is 133 Å². The van der Waals surface area contributed by atoms with E-state index in [1.165, 1.54) is 0 Å². The maximum absolute atomic E-state index is 8.91. The van der Waals surface area contributed by atoms with Crippen molar-refractivity contribution in [2.45, 2.75) is 46.1 Å². The Balaban J connectivity index is 1.22. The number of piperidine rings is 1. The summed E-state index contributed by atoms with van der Waals surface area (Å²) in [7, 11) is 0. The van der Waals surface area contributed by atoms with Gasteiger partial charge < -0.3 is 15.5 Å². The first-order valence-corrected chi connectivity index (χ1v) is 12.5. The maximum atomic E-state index is 8.91. The average Bonchev–Trinajstić information content (AvgIpc) is 3.26. The molecule has 1 aliphatic heterocycles. The van der Waals surface area contributed by atoms with Gasteiger partial charge in [0, 0.05) is 25.6 Å². The number of rotatable bonds is 6. The molecule has 11 nitrogen and oxygen atoms in total. The normalized spacial score (nSPS) is 14.5. The fourth-order valence-corrected chi connectivity index (χ4v) is 4.36. The minimum absolute atomic E-state index is 0.112. The molecular formula is C25H28ClN11. The number of pyridine rings is 1. The second-order valence-corrected chi connectivity index (χ2v) is 10.7. The molecule has 0 aliphatic carbocycles. The van der Waals surface area contributed by atoms with Crippen molar-refractivity contribution >= 4 is 40.5 Å². The molecule has 4 aromatic rings. The zero-order chi connectivity index (χ0) is 26.0. The van der Waals surface area contributed by atoms with Crippen molar-refractivity contribution in [1.29, 1.82) is 5.26 Å². The third-order valence-corrected chi connectivity index (χ3v) is 6.26. The van der Waals surface area contributed by atoms with Gasteiger partial charge in [-0.15, -0.1) is 10.2 Å². The predicted molar refractivity (Wildman–Crippen MR) is 142 cm³/mol. The quantitative estimate of drug-likeness (QED) is 0.382. The van der Waals surface area contributed by atoms with Crippen LogP contribution in [0, 0.1) is 16.7 Å². The van der Waals surface area contributed by atoms with Crippen LogP contribution in [0.1, 0.15) is 45.1 Å². The molecule has 0 bridgehead atoms. The van der Waals surface area contributed by atoms with E-state index in [2.05, 4.69) is 66.6 Å². The summed E-state index contributed by atoms with van der Waals surface area (Å²) in [5.41, 5.74) is 2.02. The molecule has 5 rings (SSSR count). The van der Waals surface area contributed by atoms with Gasteiger partial charge in [0.25, 0.3) is 0 Å². The molecule has 12 heteroatoms. The summed E-state index contributed by atoms with van der Waals surface area (Å²) in [5.74, 6) is 2.62.